The van der Waals surface area contributed by atoms with Gasteiger partial charge in [-0.05, 0) is 61.4 Å². The lowest BCUT2D eigenvalue weighted by Crippen LogP contribution is -2.29. The van der Waals surface area contributed by atoms with Crippen LogP contribution >= 0.6 is 0 Å². The number of nitrogens with zero attached hydrogens (tertiary/aromatic N) is 1. The van der Waals surface area contributed by atoms with Crippen molar-refractivity contribution >= 4 is 23.1 Å². The molecule has 31 heavy (non-hydrogen) atoms. The number of hydrogen-bond donors (Lipinski definition) is 1. The van der Waals surface area contributed by atoms with Crippen LogP contribution in [0.15, 0.2) is 78.4 Å². The Bertz CT molecular complexity index is 1190. The van der Waals surface area contributed by atoms with E-state index >= 15 is 0 Å². The van der Waals surface area contributed by atoms with E-state index in [9.17, 15) is 14.7 Å². The Morgan fingerprint density at radius 2 is 1.55 bits per heavy atom. The molecule has 1 unspecified atom stereocenters. The third-order valence-corrected chi connectivity index (χ3v) is 5.45. The SMILES string of the molecule is COc1ccc(/C(O)=C2\C(=O)C(=O)N(c3cccc(C)c3)C2c2cccc(C)c2)cc1. The van der Waals surface area contributed by atoms with Crippen molar-refractivity contribution in [3.63, 3.8) is 0 Å². The quantitative estimate of drug-likeness (QED) is 0.374. The summed E-state index contributed by atoms with van der Waals surface area (Å²) in [5.41, 5.74) is 3.86. The van der Waals surface area contributed by atoms with E-state index in [4.69, 9.17) is 4.74 Å². The zero-order chi connectivity index (χ0) is 22.1. The average Bonchev–Trinajstić information content (AvgIpc) is 3.04. The van der Waals surface area contributed by atoms with Gasteiger partial charge in [-0.25, -0.2) is 0 Å². The minimum Gasteiger partial charge on any atom is -0.507 e. The van der Waals surface area contributed by atoms with E-state index in [1.165, 1.54) is 4.90 Å². The predicted octanol–water partition coefficient (Wildman–Crippen LogP) is 4.94. The molecule has 0 spiro atoms. The van der Waals surface area contributed by atoms with Gasteiger partial charge in [-0.2, -0.15) is 0 Å². The van der Waals surface area contributed by atoms with Crippen molar-refractivity contribution in [3.8, 4) is 5.75 Å². The monoisotopic (exact) mass is 413 g/mol. The zero-order valence-corrected chi connectivity index (χ0v) is 17.6. The van der Waals surface area contributed by atoms with Gasteiger partial charge in [-0.1, -0.05) is 42.0 Å². The molecule has 156 valence electrons. The third kappa shape index (κ3) is 3.70. The van der Waals surface area contributed by atoms with Gasteiger partial charge in [-0.15, -0.1) is 0 Å². The standard InChI is InChI=1S/C26H23NO4/c1-16-6-4-8-19(14-16)23-22(24(28)18-10-12-21(31-3)13-11-18)25(29)26(30)27(23)20-9-5-7-17(2)15-20/h4-15,23,28H,1-3H3/b24-22+. The topological polar surface area (TPSA) is 66.8 Å². The highest BCUT2D eigenvalue weighted by atomic mass is 16.5. The first-order valence-electron chi connectivity index (χ1n) is 9.99. The molecule has 1 heterocycles. The Hall–Kier alpha value is -3.86. The first-order chi connectivity index (χ1) is 14.9. The van der Waals surface area contributed by atoms with Gasteiger partial charge in [0.25, 0.3) is 11.7 Å². The lowest BCUT2D eigenvalue weighted by atomic mass is 9.94. The molecule has 1 amide bonds. The molecule has 1 N–H and O–H groups in total. The van der Waals surface area contributed by atoms with Gasteiger partial charge < -0.3 is 9.84 Å². The first-order valence-corrected chi connectivity index (χ1v) is 9.99. The van der Waals surface area contributed by atoms with Crippen molar-refractivity contribution in [3.05, 3.63) is 101 Å². The molecule has 0 saturated carbocycles. The molecule has 1 atom stereocenters. The van der Waals surface area contributed by atoms with Crippen molar-refractivity contribution < 1.29 is 19.4 Å². The number of ketones is 1. The summed E-state index contributed by atoms with van der Waals surface area (Å²) in [4.78, 5) is 27.8. The number of methoxy groups -OCH3 is 1. The summed E-state index contributed by atoms with van der Waals surface area (Å²) in [5.74, 6) is -0.942. The van der Waals surface area contributed by atoms with Crippen molar-refractivity contribution in [2.45, 2.75) is 19.9 Å². The van der Waals surface area contributed by atoms with Gasteiger partial charge in [0.1, 0.15) is 11.5 Å². The van der Waals surface area contributed by atoms with Gasteiger partial charge in [0, 0.05) is 11.3 Å². The van der Waals surface area contributed by atoms with Crippen molar-refractivity contribution in [2.75, 3.05) is 12.0 Å². The zero-order valence-electron chi connectivity index (χ0n) is 17.6. The second-order valence-corrected chi connectivity index (χ2v) is 7.65. The number of anilines is 1. The van der Waals surface area contributed by atoms with Gasteiger partial charge in [-0.3, -0.25) is 14.5 Å². The lowest BCUT2D eigenvalue weighted by Gasteiger charge is -2.26. The summed E-state index contributed by atoms with van der Waals surface area (Å²) in [6.45, 7) is 3.88. The van der Waals surface area contributed by atoms with E-state index in [2.05, 4.69) is 0 Å². The van der Waals surface area contributed by atoms with E-state index in [0.717, 1.165) is 16.7 Å². The molecular weight excluding hydrogens is 390 g/mol. The molecule has 0 radical (unpaired) electrons. The number of amides is 1. The Labute approximate surface area is 181 Å². The number of ether oxygens (including phenoxy) is 1. The van der Waals surface area contributed by atoms with E-state index in [-0.39, 0.29) is 11.3 Å². The molecule has 1 aliphatic rings. The second-order valence-electron chi connectivity index (χ2n) is 7.65. The summed E-state index contributed by atoms with van der Waals surface area (Å²) in [6, 6.07) is 21.1. The number of carbonyl (C=O) groups excluding carboxylic acids is 2. The summed E-state index contributed by atoms with van der Waals surface area (Å²) in [5, 5.41) is 11.1. The van der Waals surface area contributed by atoms with Gasteiger partial charge in [0.15, 0.2) is 0 Å². The smallest absolute Gasteiger partial charge is 0.300 e. The number of aliphatic hydroxyl groups excluding tert-OH is 1. The highest BCUT2D eigenvalue weighted by Crippen LogP contribution is 2.42. The Kier molecular flexibility index (Phi) is 5.34. The fraction of sp³-hybridized carbons (Fsp3) is 0.154. The summed E-state index contributed by atoms with van der Waals surface area (Å²) in [7, 11) is 1.56. The molecule has 1 saturated heterocycles. The normalized spacial score (nSPS) is 17.8. The van der Waals surface area contributed by atoms with Crippen molar-refractivity contribution in [1.82, 2.24) is 0 Å². The molecule has 1 aliphatic heterocycles. The molecule has 5 heteroatoms. The van der Waals surface area contributed by atoms with Crippen LogP contribution in [-0.2, 0) is 9.59 Å². The first kappa shape index (κ1) is 20.4. The van der Waals surface area contributed by atoms with Crippen molar-refractivity contribution in [2.24, 2.45) is 0 Å². The lowest BCUT2D eigenvalue weighted by molar-refractivity contribution is -0.132. The number of Topliss-reactive ketones (excluding diaryl/α,β-unsaturated/α-hetero) is 1. The molecule has 0 aliphatic carbocycles. The van der Waals surface area contributed by atoms with Crippen LogP contribution in [0.5, 0.6) is 5.75 Å². The highest BCUT2D eigenvalue weighted by Gasteiger charge is 2.47. The fourth-order valence-corrected chi connectivity index (χ4v) is 3.94. The Morgan fingerprint density at radius 1 is 0.903 bits per heavy atom. The number of hydrogen-bond acceptors (Lipinski definition) is 4. The number of aliphatic hydroxyl groups is 1. The molecule has 3 aromatic rings. The van der Waals surface area contributed by atoms with E-state index < -0.39 is 17.7 Å². The number of rotatable bonds is 4. The van der Waals surface area contributed by atoms with Crippen LogP contribution in [0.25, 0.3) is 5.76 Å². The van der Waals surface area contributed by atoms with Gasteiger partial charge >= 0.3 is 0 Å². The average molecular weight is 413 g/mol. The van der Waals surface area contributed by atoms with Crippen LogP contribution in [-0.4, -0.2) is 23.9 Å². The highest BCUT2D eigenvalue weighted by molar-refractivity contribution is 6.51. The molecule has 0 bridgehead atoms. The molecule has 4 rings (SSSR count). The summed E-state index contributed by atoms with van der Waals surface area (Å²) in [6.07, 6.45) is 0. The fourth-order valence-electron chi connectivity index (χ4n) is 3.94. The van der Waals surface area contributed by atoms with E-state index in [1.807, 2.05) is 56.3 Å². The third-order valence-electron chi connectivity index (χ3n) is 5.45. The predicted molar refractivity (Wildman–Crippen MR) is 120 cm³/mol. The maximum atomic E-state index is 13.1. The molecule has 3 aromatic carbocycles. The molecule has 5 nitrogen and oxygen atoms in total. The van der Waals surface area contributed by atoms with Crippen LogP contribution in [0.3, 0.4) is 0 Å². The number of benzene rings is 3. The van der Waals surface area contributed by atoms with Crippen LogP contribution in [0.2, 0.25) is 0 Å². The van der Waals surface area contributed by atoms with Crippen LogP contribution in [0.1, 0.15) is 28.3 Å². The largest absolute Gasteiger partial charge is 0.507 e. The summed E-state index contributed by atoms with van der Waals surface area (Å²) >= 11 is 0. The minimum atomic E-state index is -0.733. The second kappa shape index (κ2) is 8.11. The Morgan fingerprint density at radius 3 is 2.16 bits per heavy atom. The van der Waals surface area contributed by atoms with Crippen LogP contribution in [0, 0.1) is 13.8 Å². The van der Waals surface area contributed by atoms with E-state index in [1.54, 1.807) is 37.4 Å². The molecular formula is C26H23NO4. The van der Waals surface area contributed by atoms with Gasteiger partial charge in [0.05, 0.1) is 18.7 Å². The van der Waals surface area contributed by atoms with Gasteiger partial charge in [0.2, 0.25) is 0 Å². The molecule has 1 fully saturated rings. The maximum Gasteiger partial charge on any atom is 0.300 e. The summed E-state index contributed by atoms with van der Waals surface area (Å²) < 4.78 is 5.18. The maximum absolute atomic E-state index is 13.1. The van der Waals surface area contributed by atoms with Crippen molar-refractivity contribution in [1.29, 1.82) is 0 Å². The minimum absolute atomic E-state index is 0.0715. The Balaban J connectivity index is 1.94. The van der Waals surface area contributed by atoms with Crippen LogP contribution in [0.4, 0.5) is 5.69 Å². The van der Waals surface area contributed by atoms with E-state index in [0.29, 0.717) is 17.0 Å². The molecule has 0 aromatic heterocycles. The van der Waals surface area contributed by atoms with Crippen LogP contribution < -0.4 is 9.64 Å². The number of carbonyl (C=O) groups is 2. The number of aryl methyl sites for hydroxylation is 2.